The molecule has 3 fully saturated rings. The summed E-state index contributed by atoms with van der Waals surface area (Å²) in [7, 11) is 0. The molecular weight excluding hydrogens is 842 g/mol. The third-order valence-electron chi connectivity index (χ3n) is 12.3. The highest BCUT2D eigenvalue weighted by molar-refractivity contribution is 5.76. The summed E-state index contributed by atoms with van der Waals surface area (Å²) in [5, 5.41) is 119. The van der Waals surface area contributed by atoms with E-state index in [1.165, 1.54) is 64.2 Å². The second-order valence-corrected chi connectivity index (χ2v) is 17.6. The number of nitrogens with one attached hydrogen (secondary N) is 1. The van der Waals surface area contributed by atoms with Crippen LogP contribution in [0.2, 0.25) is 0 Å². The lowest BCUT2D eigenvalue weighted by atomic mass is 9.96. The zero-order chi connectivity index (χ0) is 47.0. The van der Waals surface area contributed by atoms with Crippen LogP contribution >= 0.6 is 0 Å². The number of carbonyl (C=O) groups excluding carboxylic acids is 1. The van der Waals surface area contributed by atoms with E-state index in [0.29, 0.717) is 6.42 Å². The first-order valence-corrected chi connectivity index (χ1v) is 23.9. The fourth-order valence-corrected chi connectivity index (χ4v) is 8.25. The molecule has 19 heteroatoms. The van der Waals surface area contributed by atoms with Gasteiger partial charge in [-0.15, -0.1) is 0 Å². The van der Waals surface area contributed by atoms with E-state index in [0.717, 1.165) is 44.9 Å². The predicted molar refractivity (Wildman–Crippen MR) is 231 cm³/mol. The molecule has 3 rings (SSSR count). The van der Waals surface area contributed by atoms with Gasteiger partial charge in [0.2, 0.25) is 5.91 Å². The number of ether oxygens (including phenoxy) is 6. The summed E-state index contributed by atoms with van der Waals surface area (Å²) in [6.45, 7) is 1.53. The van der Waals surface area contributed by atoms with Gasteiger partial charge in [0.1, 0.15) is 73.2 Å². The van der Waals surface area contributed by atoms with Crippen molar-refractivity contribution < 1.29 is 89.4 Å². The van der Waals surface area contributed by atoms with Crippen LogP contribution < -0.4 is 5.32 Å². The van der Waals surface area contributed by atoms with E-state index in [4.69, 9.17) is 28.4 Å². The van der Waals surface area contributed by atoms with Crippen LogP contribution in [0, 0.1) is 0 Å². The summed E-state index contributed by atoms with van der Waals surface area (Å²) < 4.78 is 33.9. The highest BCUT2D eigenvalue weighted by Crippen LogP contribution is 2.33. The standard InChI is InChI=1S/C45H83NO18/c1-3-5-7-9-10-11-12-13-14-15-16-17-18-19-20-22-29(50)28(46-33(51)23-21-8-6-4-2)27-59-43-39(57)36(54)41(31(25-48)61-43)64-45-40(58)37(55)42(32(26-49)62-45)63-44-38(56)35(53)34(52)30(24-47)60-44/h20,22,28-32,34-45,47-50,52-58H,3-19,21,23-27H2,1-2H3,(H,46,51)/b22-20+. The number of amides is 1. The zero-order valence-corrected chi connectivity index (χ0v) is 38.0. The van der Waals surface area contributed by atoms with Crippen molar-refractivity contribution in [2.45, 2.75) is 240 Å². The molecule has 3 heterocycles. The van der Waals surface area contributed by atoms with E-state index in [1.807, 2.05) is 6.08 Å². The van der Waals surface area contributed by atoms with Crippen molar-refractivity contribution in [2.75, 3.05) is 26.4 Å². The second-order valence-electron chi connectivity index (χ2n) is 17.6. The van der Waals surface area contributed by atoms with Crippen molar-refractivity contribution in [3.63, 3.8) is 0 Å². The molecule has 64 heavy (non-hydrogen) atoms. The van der Waals surface area contributed by atoms with Gasteiger partial charge in [0.25, 0.3) is 0 Å². The molecule has 3 aliphatic heterocycles. The molecule has 17 atom stereocenters. The second kappa shape index (κ2) is 31.6. The third-order valence-corrected chi connectivity index (χ3v) is 12.3. The quantitative estimate of drug-likeness (QED) is 0.0319. The van der Waals surface area contributed by atoms with Crippen LogP contribution in [0.5, 0.6) is 0 Å². The fraction of sp³-hybridized carbons (Fsp3) is 0.933. The topological polar surface area (TPSA) is 307 Å². The average Bonchev–Trinajstić information content (AvgIpc) is 3.29. The summed E-state index contributed by atoms with van der Waals surface area (Å²) in [6, 6.07) is -0.961. The minimum Gasteiger partial charge on any atom is -0.394 e. The molecule has 3 saturated heterocycles. The van der Waals surface area contributed by atoms with Crippen LogP contribution in [0.25, 0.3) is 0 Å². The third kappa shape index (κ3) is 18.2. The van der Waals surface area contributed by atoms with Crippen LogP contribution in [0.3, 0.4) is 0 Å². The number of hydrogen-bond donors (Lipinski definition) is 12. The Labute approximate surface area is 378 Å². The van der Waals surface area contributed by atoms with Crippen LogP contribution in [-0.4, -0.2) is 193 Å². The van der Waals surface area contributed by atoms with Crippen molar-refractivity contribution in [2.24, 2.45) is 0 Å². The molecule has 17 unspecified atom stereocenters. The maximum atomic E-state index is 12.9. The average molecular weight is 926 g/mol. The van der Waals surface area contributed by atoms with E-state index in [-0.39, 0.29) is 18.9 Å². The molecule has 19 nitrogen and oxygen atoms in total. The maximum Gasteiger partial charge on any atom is 0.220 e. The van der Waals surface area contributed by atoms with Gasteiger partial charge in [0.05, 0.1) is 38.6 Å². The first-order valence-electron chi connectivity index (χ1n) is 23.9. The molecule has 3 aliphatic rings. The van der Waals surface area contributed by atoms with E-state index >= 15 is 0 Å². The Morgan fingerprint density at radius 3 is 1.47 bits per heavy atom. The summed E-state index contributed by atoms with van der Waals surface area (Å²) in [4.78, 5) is 12.9. The number of allylic oxidation sites excluding steroid dienone is 1. The Morgan fingerprint density at radius 1 is 0.547 bits per heavy atom. The van der Waals surface area contributed by atoms with Gasteiger partial charge < -0.3 is 89.9 Å². The highest BCUT2D eigenvalue weighted by Gasteiger charge is 2.53. The number of hydrogen-bond acceptors (Lipinski definition) is 18. The van der Waals surface area contributed by atoms with Crippen molar-refractivity contribution in [1.82, 2.24) is 5.32 Å². The lowest BCUT2D eigenvalue weighted by Crippen LogP contribution is -2.66. The monoisotopic (exact) mass is 926 g/mol. The number of aliphatic hydroxyl groups is 11. The molecule has 0 spiro atoms. The molecule has 0 radical (unpaired) electrons. The van der Waals surface area contributed by atoms with Gasteiger partial charge in [-0.1, -0.05) is 122 Å². The fourth-order valence-electron chi connectivity index (χ4n) is 8.25. The molecule has 0 aromatic heterocycles. The van der Waals surface area contributed by atoms with E-state index < -0.39 is 124 Å². The Bertz CT molecular complexity index is 1250. The Balaban J connectivity index is 1.54. The summed E-state index contributed by atoms with van der Waals surface area (Å²) >= 11 is 0. The van der Waals surface area contributed by atoms with Gasteiger partial charge in [-0.25, -0.2) is 0 Å². The molecule has 0 aromatic carbocycles. The van der Waals surface area contributed by atoms with Crippen LogP contribution in [-0.2, 0) is 33.2 Å². The van der Waals surface area contributed by atoms with Crippen molar-refractivity contribution in [3.05, 3.63) is 12.2 Å². The molecule has 0 aliphatic carbocycles. The summed E-state index contributed by atoms with van der Waals surface area (Å²) in [5.74, 6) is -0.296. The van der Waals surface area contributed by atoms with E-state index in [9.17, 15) is 61.0 Å². The molecule has 12 N–H and O–H groups in total. The maximum absolute atomic E-state index is 12.9. The zero-order valence-electron chi connectivity index (χ0n) is 38.0. The van der Waals surface area contributed by atoms with E-state index in [1.54, 1.807) is 6.08 Å². The minimum atomic E-state index is -1.97. The summed E-state index contributed by atoms with van der Waals surface area (Å²) in [5.41, 5.74) is 0. The number of unbranched alkanes of at least 4 members (excludes halogenated alkanes) is 16. The molecule has 0 saturated carbocycles. The largest absolute Gasteiger partial charge is 0.394 e. The molecular formula is C45H83NO18. The smallest absolute Gasteiger partial charge is 0.220 e. The molecule has 376 valence electrons. The highest BCUT2D eigenvalue weighted by atomic mass is 16.8. The van der Waals surface area contributed by atoms with Crippen LogP contribution in [0.1, 0.15) is 136 Å². The summed E-state index contributed by atoms with van der Waals surface area (Å²) in [6.07, 6.45) is -2.64. The Kier molecular flexibility index (Phi) is 28.0. The van der Waals surface area contributed by atoms with Gasteiger partial charge in [0.15, 0.2) is 18.9 Å². The predicted octanol–water partition coefficient (Wildman–Crippen LogP) is 0.305. The lowest BCUT2D eigenvalue weighted by Gasteiger charge is -2.48. The van der Waals surface area contributed by atoms with Crippen molar-refractivity contribution in [3.8, 4) is 0 Å². The van der Waals surface area contributed by atoms with Crippen molar-refractivity contribution in [1.29, 1.82) is 0 Å². The van der Waals surface area contributed by atoms with Gasteiger partial charge in [-0.2, -0.15) is 0 Å². The molecule has 1 amide bonds. The first-order chi connectivity index (χ1) is 30.8. The van der Waals surface area contributed by atoms with Crippen molar-refractivity contribution >= 4 is 5.91 Å². The van der Waals surface area contributed by atoms with Crippen LogP contribution in [0.15, 0.2) is 12.2 Å². The number of aliphatic hydroxyl groups excluding tert-OH is 11. The number of rotatable bonds is 32. The lowest BCUT2D eigenvalue weighted by molar-refractivity contribution is -0.379. The normalized spacial score (nSPS) is 34.5. The Hall–Kier alpha value is -1.47. The van der Waals surface area contributed by atoms with Gasteiger partial charge >= 0.3 is 0 Å². The number of carbonyl (C=O) groups is 1. The minimum absolute atomic E-state index is 0.236. The Morgan fingerprint density at radius 2 is 0.969 bits per heavy atom. The van der Waals surface area contributed by atoms with Gasteiger partial charge in [-0.05, 0) is 19.3 Å². The van der Waals surface area contributed by atoms with Gasteiger partial charge in [-0.3, -0.25) is 4.79 Å². The SMILES string of the molecule is CCCCCCCCCCCCCCC/C=C/C(O)C(COC1OC(CO)C(OC2OC(CO)C(OC3OC(CO)C(O)C(O)C3O)C(O)C2O)C(O)C1O)NC(=O)CCCCCC. The molecule has 0 bridgehead atoms. The molecule has 0 aromatic rings. The first kappa shape index (κ1) is 56.9. The van der Waals surface area contributed by atoms with Crippen LogP contribution in [0.4, 0.5) is 0 Å². The van der Waals surface area contributed by atoms with E-state index in [2.05, 4.69) is 19.2 Å². The van der Waals surface area contributed by atoms with Gasteiger partial charge in [0, 0.05) is 6.42 Å².